The van der Waals surface area contributed by atoms with Crippen LogP contribution in [0.2, 0.25) is 0 Å². The number of hydrogen-bond acceptors (Lipinski definition) is 7. The lowest BCUT2D eigenvalue weighted by Crippen LogP contribution is -2.37. The van der Waals surface area contributed by atoms with E-state index in [0.717, 1.165) is 17.8 Å². The highest BCUT2D eigenvalue weighted by molar-refractivity contribution is 7.99. The molecule has 2 aromatic rings. The fourth-order valence-electron chi connectivity index (χ4n) is 3.08. The number of para-hydroxylation sites is 1. The molecule has 10 heteroatoms. The number of ketones is 1. The summed E-state index contributed by atoms with van der Waals surface area (Å²) in [6.45, 7) is 0.215. The smallest absolute Gasteiger partial charge is 0.433 e. The fraction of sp³-hybridized carbons (Fsp3) is 0.389. The van der Waals surface area contributed by atoms with Crippen molar-refractivity contribution in [3.05, 3.63) is 36.0 Å². The van der Waals surface area contributed by atoms with Crippen LogP contribution in [0.15, 0.2) is 35.5 Å². The van der Waals surface area contributed by atoms with E-state index in [1.165, 1.54) is 7.11 Å². The van der Waals surface area contributed by atoms with Crippen LogP contribution in [0.3, 0.4) is 0 Å². The average Bonchev–Trinajstić information content (AvgIpc) is 3.11. The van der Waals surface area contributed by atoms with Gasteiger partial charge >= 0.3 is 6.18 Å². The molecule has 3 heterocycles. The Hall–Kier alpha value is -2.17. The van der Waals surface area contributed by atoms with Gasteiger partial charge in [0.2, 0.25) is 6.29 Å². The summed E-state index contributed by atoms with van der Waals surface area (Å²) in [5.74, 6) is 0.164. The molecule has 1 aromatic heterocycles. The van der Waals surface area contributed by atoms with Crippen molar-refractivity contribution in [3.63, 3.8) is 0 Å². The first-order valence-electron chi connectivity index (χ1n) is 8.41. The van der Waals surface area contributed by atoms with Crippen LogP contribution in [0.25, 0.3) is 11.3 Å². The van der Waals surface area contributed by atoms with Crippen molar-refractivity contribution in [2.45, 2.75) is 35.4 Å². The third-order valence-corrected chi connectivity index (χ3v) is 5.59. The molecule has 1 aromatic carbocycles. The number of ether oxygens (including phenoxy) is 3. The number of hydrogen-bond donors (Lipinski definition) is 0. The van der Waals surface area contributed by atoms with Crippen molar-refractivity contribution in [2.24, 2.45) is 0 Å². The van der Waals surface area contributed by atoms with E-state index in [1.807, 2.05) is 0 Å². The second-order valence-corrected chi connectivity index (χ2v) is 7.49. The maximum atomic E-state index is 13.4. The van der Waals surface area contributed by atoms with E-state index in [1.54, 1.807) is 24.3 Å². The molecule has 0 saturated carbocycles. The van der Waals surface area contributed by atoms with E-state index in [4.69, 9.17) is 14.2 Å². The van der Waals surface area contributed by atoms with Gasteiger partial charge in [-0.25, -0.2) is 9.97 Å². The SMILES string of the molecule is COc1ccccc1-c1cc(C(F)(F)F)nc(S[C@H]2CC(=O)[C@@H]3OC[C@H]2O3)n1. The highest BCUT2D eigenvalue weighted by atomic mass is 32.2. The zero-order valence-electron chi connectivity index (χ0n) is 14.6. The Bertz CT molecular complexity index is 909. The van der Waals surface area contributed by atoms with Crippen LogP contribution in [-0.2, 0) is 20.4 Å². The molecule has 2 aliphatic heterocycles. The third-order valence-electron chi connectivity index (χ3n) is 4.43. The Morgan fingerprint density at radius 3 is 2.79 bits per heavy atom. The van der Waals surface area contributed by atoms with Gasteiger partial charge in [0.15, 0.2) is 10.9 Å². The maximum absolute atomic E-state index is 13.4. The molecule has 0 radical (unpaired) electrons. The molecule has 6 nitrogen and oxygen atoms in total. The number of thioether (sulfide) groups is 1. The Morgan fingerprint density at radius 1 is 1.25 bits per heavy atom. The topological polar surface area (TPSA) is 70.5 Å². The van der Waals surface area contributed by atoms with Crippen molar-refractivity contribution >= 4 is 17.5 Å². The van der Waals surface area contributed by atoms with Crippen LogP contribution < -0.4 is 4.74 Å². The number of alkyl halides is 3. The van der Waals surface area contributed by atoms with Crippen molar-refractivity contribution < 1.29 is 32.2 Å². The standard InChI is InChI=1S/C18H15F3N2O4S/c1-25-12-5-3-2-4-9(12)10-6-15(18(19,20)21)23-17(22-10)28-14-7-11(24)16-26-8-13(14)27-16/h2-6,13-14,16H,7-8H2,1H3/t13-,14+,16-/m1/s1. The molecule has 0 spiro atoms. The van der Waals surface area contributed by atoms with Gasteiger partial charge in [-0.15, -0.1) is 0 Å². The largest absolute Gasteiger partial charge is 0.496 e. The molecular weight excluding hydrogens is 397 g/mol. The number of halogens is 3. The molecule has 2 saturated heterocycles. The van der Waals surface area contributed by atoms with Gasteiger partial charge in [0.25, 0.3) is 0 Å². The van der Waals surface area contributed by atoms with Crippen LogP contribution in [-0.4, -0.2) is 47.1 Å². The number of aromatic nitrogens is 2. The van der Waals surface area contributed by atoms with Gasteiger partial charge in [0.05, 0.1) is 25.5 Å². The summed E-state index contributed by atoms with van der Waals surface area (Å²) >= 11 is 0.991. The molecule has 2 bridgehead atoms. The Labute approximate surface area is 162 Å². The lowest BCUT2D eigenvalue weighted by atomic mass is 10.1. The van der Waals surface area contributed by atoms with E-state index in [-0.39, 0.29) is 35.8 Å². The predicted molar refractivity (Wildman–Crippen MR) is 92.9 cm³/mol. The van der Waals surface area contributed by atoms with Gasteiger partial charge in [0, 0.05) is 17.2 Å². The van der Waals surface area contributed by atoms with Gasteiger partial charge in [0.1, 0.15) is 11.4 Å². The first-order chi connectivity index (χ1) is 13.3. The van der Waals surface area contributed by atoms with Gasteiger partial charge in [-0.1, -0.05) is 23.9 Å². The number of carbonyl (C=O) groups is 1. The van der Waals surface area contributed by atoms with E-state index in [9.17, 15) is 18.0 Å². The first kappa shape index (κ1) is 19.2. The summed E-state index contributed by atoms with van der Waals surface area (Å²) in [7, 11) is 1.43. The van der Waals surface area contributed by atoms with Crippen molar-refractivity contribution in [2.75, 3.05) is 13.7 Å². The Morgan fingerprint density at radius 2 is 2.04 bits per heavy atom. The molecule has 0 aliphatic carbocycles. The number of methoxy groups -OCH3 is 1. The molecule has 0 unspecified atom stereocenters. The number of rotatable bonds is 4. The zero-order chi connectivity index (χ0) is 19.9. The number of benzene rings is 1. The molecule has 2 aliphatic rings. The summed E-state index contributed by atoms with van der Waals surface area (Å²) in [5, 5.41) is -0.497. The predicted octanol–water partition coefficient (Wildman–Crippen LogP) is 3.35. The van der Waals surface area contributed by atoms with Gasteiger partial charge in [-0.05, 0) is 18.2 Å². The number of Topliss-reactive ketones (excluding diaryl/α,β-unsaturated/α-hetero) is 1. The number of carbonyl (C=O) groups excluding carboxylic acids is 1. The average molecular weight is 412 g/mol. The highest BCUT2D eigenvalue weighted by Gasteiger charge is 2.44. The van der Waals surface area contributed by atoms with Crippen molar-refractivity contribution in [3.8, 4) is 17.0 Å². The molecule has 2 fully saturated rings. The van der Waals surface area contributed by atoms with Gasteiger partial charge in [-0.3, -0.25) is 4.79 Å². The minimum absolute atomic E-state index is 0.0810. The van der Waals surface area contributed by atoms with E-state index < -0.39 is 23.4 Å². The summed E-state index contributed by atoms with van der Waals surface area (Å²) in [5.41, 5.74) is -0.555. The van der Waals surface area contributed by atoms with Crippen LogP contribution in [0, 0.1) is 0 Å². The minimum Gasteiger partial charge on any atom is -0.496 e. The molecule has 3 atom stereocenters. The van der Waals surface area contributed by atoms with Crippen LogP contribution in [0.5, 0.6) is 5.75 Å². The van der Waals surface area contributed by atoms with E-state index >= 15 is 0 Å². The molecule has 148 valence electrons. The maximum Gasteiger partial charge on any atom is 0.433 e. The highest BCUT2D eigenvalue weighted by Crippen LogP contribution is 2.39. The normalized spacial score (nSPS) is 24.4. The molecule has 0 N–H and O–H groups in total. The zero-order valence-corrected chi connectivity index (χ0v) is 15.4. The van der Waals surface area contributed by atoms with Gasteiger partial charge < -0.3 is 14.2 Å². The van der Waals surface area contributed by atoms with Crippen LogP contribution >= 0.6 is 11.8 Å². The molecular formula is C18H15F3N2O4S. The summed E-state index contributed by atoms with van der Waals surface area (Å²) in [4.78, 5) is 19.9. The number of nitrogens with zero attached hydrogens (tertiary/aromatic N) is 2. The number of fused-ring (bicyclic) bond motifs is 2. The quantitative estimate of drug-likeness (QED) is 0.714. The summed E-state index contributed by atoms with van der Waals surface area (Å²) in [6, 6.07) is 7.55. The van der Waals surface area contributed by atoms with Crippen molar-refractivity contribution in [1.29, 1.82) is 0 Å². The summed E-state index contributed by atoms with van der Waals surface area (Å²) in [6.07, 6.45) is -5.77. The fourth-order valence-corrected chi connectivity index (χ4v) is 4.19. The molecule has 0 amide bonds. The second kappa shape index (κ2) is 7.34. The van der Waals surface area contributed by atoms with Crippen LogP contribution in [0.1, 0.15) is 12.1 Å². The minimum atomic E-state index is -4.64. The van der Waals surface area contributed by atoms with E-state index in [2.05, 4.69) is 9.97 Å². The second-order valence-electron chi connectivity index (χ2n) is 6.29. The van der Waals surface area contributed by atoms with Gasteiger partial charge in [-0.2, -0.15) is 13.2 Å². The third kappa shape index (κ3) is 3.71. The monoisotopic (exact) mass is 412 g/mol. The lowest BCUT2D eigenvalue weighted by Gasteiger charge is -2.25. The molecule has 28 heavy (non-hydrogen) atoms. The van der Waals surface area contributed by atoms with Crippen molar-refractivity contribution in [1.82, 2.24) is 9.97 Å². The van der Waals surface area contributed by atoms with Crippen LogP contribution in [0.4, 0.5) is 13.2 Å². The Kier molecular flexibility index (Phi) is 5.02. The first-order valence-corrected chi connectivity index (χ1v) is 9.29. The lowest BCUT2D eigenvalue weighted by molar-refractivity contribution is -0.151. The summed E-state index contributed by atoms with van der Waals surface area (Å²) < 4.78 is 56.1. The molecule has 4 rings (SSSR count). The Balaban J connectivity index is 1.72. The van der Waals surface area contributed by atoms with E-state index in [0.29, 0.717) is 11.3 Å².